The molecule has 1 radical (unpaired) electrons. The third-order valence-electron chi connectivity index (χ3n) is 4.73. The molecule has 1 aliphatic heterocycles. The summed E-state index contributed by atoms with van der Waals surface area (Å²) in [5, 5.41) is 9.06. The fourth-order valence-corrected chi connectivity index (χ4v) is 3.55. The number of benzene rings is 2. The Bertz CT molecular complexity index is 627. The Labute approximate surface area is 183 Å². The van der Waals surface area contributed by atoms with E-state index in [9.17, 15) is 4.79 Å². The fraction of sp³-hybridized carbons (Fsp3) is 0.391. The SMILES string of the molecule is CC.C[C@H]1CN(C(c2ccccc2)c2ccccc2)CCN1CC(=O)O.[CH3-].[Rh]. The first-order valence-corrected chi connectivity index (χ1v) is 9.45. The van der Waals surface area contributed by atoms with Gasteiger partial charge in [0.25, 0.3) is 0 Å². The van der Waals surface area contributed by atoms with Gasteiger partial charge in [0.1, 0.15) is 0 Å². The van der Waals surface area contributed by atoms with Gasteiger partial charge in [-0.3, -0.25) is 14.6 Å². The molecule has 2 aromatic carbocycles. The molecule has 1 atom stereocenters. The minimum atomic E-state index is -0.752. The smallest absolute Gasteiger partial charge is 0.317 e. The Morgan fingerprint density at radius 3 is 1.86 bits per heavy atom. The van der Waals surface area contributed by atoms with Crippen LogP contribution in [-0.4, -0.2) is 53.1 Å². The molecule has 0 amide bonds. The molecule has 2 aromatic rings. The average molecular weight is 472 g/mol. The predicted molar refractivity (Wildman–Crippen MR) is 113 cm³/mol. The molecule has 0 aliphatic carbocycles. The van der Waals surface area contributed by atoms with E-state index in [1.165, 1.54) is 11.1 Å². The number of aliphatic carboxylic acids is 1. The number of carbonyl (C=O) groups is 1. The van der Waals surface area contributed by atoms with Gasteiger partial charge in [-0.25, -0.2) is 0 Å². The van der Waals surface area contributed by atoms with Crippen LogP contribution in [0.15, 0.2) is 60.7 Å². The summed E-state index contributed by atoms with van der Waals surface area (Å²) in [5.74, 6) is -0.752. The Hall–Kier alpha value is -1.55. The Morgan fingerprint density at radius 2 is 1.46 bits per heavy atom. The summed E-state index contributed by atoms with van der Waals surface area (Å²) in [7, 11) is 0. The second-order valence-corrected chi connectivity index (χ2v) is 6.43. The van der Waals surface area contributed by atoms with E-state index < -0.39 is 5.97 Å². The minimum Gasteiger partial charge on any atom is -0.480 e. The molecule has 157 valence electrons. The van der Waals surface area contributed by atoms with Crippen molar-refractivity contribution < 1.29 is 29.4 Å². The molecule has 28 heavy (non-hydrogen) atoms. The number of carboxylic acids is 1. The number of hydrogen-bond acceptors (Lipinski definition) is 3. The van der Waals surface area contributed by atoms with E-state index in [0.29, 0.717) is 0 Å². The summed E-state index contributed by atoms with van der Waals surface area (Å²) in [6.07, 6.45) is 0. The summed E-state index contributed by atoms with van der Waals surface area (Å²) in [4.78, 5) is 15.5. The molecule has 1 saturated heterocycles. The van der Waals surface area contributed by atoms with E-state index in [2.05, 4.69) is 60.4 Å². The summed E-state index contributed by atoms with van der Waals surface area (Å²) < 4.78 is 0. The monoisotopic (exact) mass is 472 g/mol. The molecular formula is C23H33N2O2Rh-. The molecule has 3 rings (SSSR count). The molecule has 1 N–H and O–H groups in total. The van der Waals surface area contributed by atoms with E-state index in [0.717, 1.165) is 19.6 Å². The number of carboxylic acid groups (broad SMARTS) is 1. The Kier molecular flexibility index (Phi) is 12.8. The van der Waals surface area contributed by atoms with Gasteiger partial charge < -0.3 is 12.5 Å². The van der Waals surface area contributed by atoms with Crippen LogP contribution >= 0.6 is 0 Å². The molecule has 0 unspecified atom stereocenters. The van der Waals surface area contributed by atoms with Gasteiger partial charge in [-0.05, 0) is 18.1 Å². The summed E-state index contributed by atoms with van der Waals surface area (Å²) in [6.45, 7) is 8.75. The summed E-state index contributed by atoms with van der Waals surface area (Å²) >= 11 is 0. The largest absolute Gasteiger partial charge is 0.480 e. The average Bonchev–Trinajstić information content (AvgIpc) is 2.67. The first kappa shape index (κ1) is 26.5. The molecule has 1 heterocycles. The molecular weight excluding hydrogens is 439 g/mol. The maximum Gasteiger partial charge on any atom is 0.317 e. The van der Waals surface area contributed by atoms with Gasteiger partial charge >= 0.3 is 5.97 Å². The van der Waals surface area contributed by atoms with Gasteiger partial charge in [0, 0.05) is 45.2 Å². The quantitative estimate of drug-likeness (QED) is 0.520. The number of rotatable bonds is 5. The van der Waals surface area contributed by atoms with Gasteiger partial charge in [0.05, 0.1) is 12.6 Å². The van der Waals surface area contributed by atoms with Crippen molar-refractivity contribution in [3.63, 3.8) is 0 Å². The van der Waals surface area contributed by atoms with Crippen molar-refractivity contribution in [2.75, 3.05) is 26.2 Å². The van der Waals surface area contributed by atoms with Crippen LogP contribution in [0.2, 0.25) is 0 Å². The van der Waals surface area contributed by atoms with E-state index >= 15 is 0 Å². The van der Waals surface area contributed by atoms with Crippen LogP contribution in [0.4, 0.5) is 0 Å². The van der Waals surface area contributed by atoms with Crippen molar-refractivity contribution >= 4 is 5.97 Å². The molecule has 0 aromatic heterocycles. The zero-order valence-corrected chi connectivity index (χ0v) is 19.0. The van der Waals surface area contributed by atoms with E-state index in [1.54, 1.807) is 0 Å². The molecule has 1 fully saturated rings. The normalized spacial score (nSPS) is 16.9. The van der Waals surface area contributed by atoms with Crippen molar-refractivity contribution in [3.05, 3.63) is 79.2 Å². The van der Waals surface area contributed by atoms with Gasteiger partial charge in [-0.2, -0.15) is 0 Å². The van der Waals surface area contributed by atoms with E-state index in [-0.39, 0.29) is 45.5 Å². The number of hydrogen-bond donors (Lipinski definition) is 1. The second-order valence-electron chi connectivity index (χ2n) is 6.43. The van der Waals surface area contributed by atoms with E-state index in [1.807, 2.05) is 30.9 Å². The molecule has 5 heteroatoms. The van der Waals surface area contributed by atoms with Crippen molar-refractivity contribution in [1.29, 1.82) is 0 Å². The van der Waals surface area contributed by atoms with Crippen LogP contribution in [0.3, 0.4) is 0 Å². The predicted octanol–water partition coefficient (Wildman–Crippen LogP) is 4.34. The maximum atomic E-state index is 11.0. The van der Waals surface area contributed by atoms with Crippen LogP contribution in [0.1, 0.15) is 37.9 Å². The third kappa shape index (κ3) is 7.12. The Balaban J connectivity index is 0.00000177. The zero-order chi connectivity index (χ0) is 18.9. The van der Waals surface area contributed by atoms with Crippen LogP contribution in [0.5, 0.6) is 0 Å². The van der Waals surface area contributed by atoms with Gasteiger partial charge in [-0.1, -0.05) is 74.5 Å². The van der Waals surface area contributed by atoms with Crippen molar-refractivity contribution in [3.8, 4) is 0 Å². The standard InChI is InChI=1S/C20H24N2O2.C2H6.CH3.Rh/c1-16-14-22(13-12-21(16)15-19(23)24)20(17-8-4-2-5-9-17)18-10-6-3-7-11-18;1-2;;/h2-11,16,20H,12-15H2,1H3,(H,23,24);1-2H3;1H3;/q;;-1;/t16-;;;/m0.../s1. The van der Waals surface area contributed by atoms with Gasteiger partial charge in [-0.15, -0.1) is 0 Å². The molecule has 0 bridgehead atoms. The van der Waals surface area contributed by atoms with Gasteiger partial charge in [0.15, 0.2) is 0 Å². The van der Waals surface area contributed by atoms with E-state index in [4.69, 9.17) is 5.11 Å². The minimum absolute atomic E-state index is 0. The fourth-order valence-electron chi connectivity index (χ4n) is 3.55. The molecule has 0 saturated carbocycles. The van der Waals surface area contributed by atoms with Crippen LogP contribution in [-0.2, 0) is 24.3 Å². The van der Waals surface area contributed by atoms with Crippen LogP contribution in [0.25, 0.3) is 0 Å². The molecule has 0 spiro atoms. The molecule has 1 aliphatic rings. The zero-order valence-electron chi connectivity index (χ0n) is 17.3. The number of nitrogens with zero attached hydrogens (tertiary/aromatic N) is 2. The number of piperazine rings is 1. The van der Waals surface area contributed by atoms with Crippen molar-refractivity contribution in [2.45, 2.75) is 32.9 Å². The van der Waals surface area contributed by atoms with Crippen molar-refractivity contribution in [2.24, 2.45) is 0 Å². The summed E-state index contributed by atoms with van der Waals surface area (Å²) in [6, 6.07) is 21.5. The topological polar surface area (TPSA) is 43.8 Å². The van der Waals surface area contributed by atoms with Crippen molar-refractivity contribution in [1.82, 2.24) is 9.80 Å². The Morgan fingerprint density at radius 1 is 1.00 bits per heavy atom. The second kappa shape index (κ2) is 13.6. The van der Waals surface area contributed by atoms with Crippen LogP contribution in [0, 0.1) is 7.43 Å². The summed E-state index contributed by atoms with van der Waals surface area (Å²) in [5.41, 5.74) is 2.56. The molecule has 4 nitrogen and oxygen atoms in total. The van der Waals surface area contributed by atoms with Crippen LogP contribution < -0.4 is 0 Å². The first-order chi connectivity index (χ1) is 12.6. The maximum absolute atomic E-state index is 11.0. The third-order valence-corrected chi connectivity index (χ3v) is 4.73. The first-order valence-electron chi connectivity index (χ1n) is 9.45. The van der Waals surface area contributed by atoms with Gasteiger partial charge in [0.2, 0.25) is 0 Å².